The molecular weight excluding hydrogens is 263 g/mol. The summed E-state index contributed by atoms with van der Waals surface area (Å²) in [6.07, 6.45) is 0. The second-order valence-electron chi connectivity index (χ2n) is 4.16. The summed E-state index contributed by atoms with van der Waals surface area (Å²) >= 11 is 0. The lowest BCUT2D eigenvalue weighted by Gasteiger charge is -2.18. The summed E-state index contributed by atoms with van der Waals surface area (Å²) in [5, 5.41) is 2.63. The topological polar surface area (TPSA) is 60.5 Å². The predicted octanol–water partition coefficient (Wildman–Crippen LogP) is 2.24. The summed E-state index contributed by atoms with van der Waals surface area (Å²) < 4.78 is 23.8. The van der Waals surface area contributed by atoms with Crippen molar-refractivity contribution >= 4 is 11.6 Å². The Balaban J connectivity index is 1.79. The van der Waals surface area contributed by atoms with Gasteiger partial charge in [-0.3, -0.25) is 4.79 Å². The first kappa shape index (κ1) is 12.4. The molecule has 1 aliphatic heterocycles. The smallest absolute Gasteiger partial charge is 0.274 e. The minimum atomic E-state index is -0.695. The fourth-order valence-electron chi connectivity index (χ4n) is 1.85. The molecule has 5 nitrogen and oxygen atoms in total. The second-order valence-corrected chi connectivity index (χ2v) is 4.16. The Morgan fingerprint density at radius 3 is 2.75 bits per heavy atom. The highest BCUT2D eigenvalue weighted by atomic mass is 19.1. The van der Waals surface area contributed by atoms with Crippen LogP contribution in [0.5, 0.6) is 11.5 Å². The Labute approximate surface area is 114 Å². The number of fused-ring (bicyclic) bond motifs is 1. The Kier molecular flexibility index (Phi) is 3.20. The molecule has 0 aliphatic carbocycles. The highest BCUT2D eigenvalue weighted by molar-refractivity contribution is 6.02. The maximum absolute atomic E-state index is 13.0. The fourth-order valence-corrected chi connectivity index (χ4v) is 1.85. The van der Waals surface area contributed by atoms with Gasteiger partial charge in [0.05, 0.1) is 0 Å². The van der Waals surface area contributed by atoms with Crippen molar-refractivity contribution in [3.63, 3.8) is 0 Å². The molecule has 0 fully saturated rings. The van der Waals surface area contributed by atoms with Crippen LogP contribution in [0, 0.1) is 5.95 Å². The van der Waals surface area contributed by atoms with Crippen LogP contribution in [0.4, 0.5) is 10.1 Å². The highest BCUT2D eigenvalue weighted by Crippen LogP contribution is 2.32. The summed E-state index contributed by atoms with van der Waals surface area (Å²) in [5.74, 6) is 0.0281. The molecule has 0 bridgehead atoms. The van der Waals surface area contributed by atoms with Crippen molar-refractivity contribution < 1.29 is 18.7 Å². The molecule has 1 aromatic heterocycles. The Hall–Kier alpha value is -2.63. The molecule has 20 heavy (non-hydrogen) atoms. The van der Waals surface area contributed by atoms with E-state index in [9.17, 15) is 9.18 Å². The van der Waals surface area contributed by atoms with Crippen molar-refractivity contribution in [1.82, 2.24) is 4.98 Å². The van der Waals surface area contributed by atoms with E-state index in [-0.39, 0.29) is 5.69 Å². The number of hydrogen-bond acceptors (Lipinski definition) is 4. The molecule has 0 radical (unpaired) electrons. The maximum atomic E-state index is 13.0. The van der Waals surface area contributed by atoms with Gasteiger partial charge in [0.2, 0.25) is 5.95 Å². The van der Waals surface area contributed by atoms with E-state index in [0.717, 1.165) is 0 Å². The quantitative estimate of drug-likeness (QED) is 0.853. The number of nitrogens with one attached hydrogen (secondary N) is 1. The SMILES string of the molecule is O=C(Nc1ccc2c(c1)OCCO2)c1cccc(F)n1. The number of halogens is 1. The number of aromatic nitrogens is 1. The van der Waals surface area contributed by atoms with Gasteiger partial charge in [0, 0.05) is 11.8 Å². The molecule has 1 amide bonds. The van der Waals surface area contributed by atoms with E-state index < -0.39 is 11.9 Å². The number of carbonyl (C=O) groups excluding carboxylic acids is 1. The van der Waals surface area contributed by atoms with Crippen molar-refractivity contribution in [3.8, 4) is 11.5 Å². The largest absolute Gasteiger partial charge is 0.486 e. The molecule has 0 spiro atoms. The van der Waals surface area contributed by atoms with Gasteiger partial charge in [-0.2, -0.15) is 4.39 Å². The average molecular weight is 274 g/mol. The molecular formula is C14H11FN2O3. The Bertz CT molecular complexity index is 661. The van der Waals surface area contributed by atoms with Gasteiger partial charge in [-0.15, -0.1) is 0 Å². The zero-order valence-electron chi connectivity index (χ0n) is 10.4. The van der Waals surface area contributed by atoms with E-state index >= 15 is 0 Å². The van der Waals surface area contributed by atoms with Gasteiger partial charge >= 0.3 is 0 Å². The maximum Gasteiger partial charge on any atom is 0.274 e. The van der Waals surface area contributed by atoms with Crippen LogP contribution in [0.15, 0.2) is 36.4 Å². The van der Waals surface area contributed by atoms with Gasteiger partial charge < -0.3 is 14.8 Å². The molecule has 1 aromatic carbocycles. The van der Waals surface area contributed by atoms with Crippen LogP contribution in [0.1, 0.15) is 10.5 Å². The monoisotopic (exact) mass is 274 g/mol. The van der Waals surface area contributed by atoms with Crippen LogP contribution in [0.25, 0.3) is 0 Å². The van der Waals surface area contributed by atoms with Gasteiger partial charge in [-0.1, -0.05) is 6.07 Å². The van der Waals surface area contributed by atoms with Gasteiger partial charge in [-0.25, -0.2) is 4.98 Å². The van der Waals surface area contributed by atoms with Crippen LogP contribution in [0.3, 0.4) is 0 Å². The van der Waals surface area contributed by atoms with E-state index in [1.807, 2.05) is 0 Å². The number of benzene rings is 1. The molecule has 2 aromatic rings. The van der Waals surface area contributed by atoms with Crippen molar-refractivity contribution in [2.24, 2.45) is 0 Å². The highest BCUT2D eigenvalue weighted by Gasteiger charge is 2.14. The van der Waals surface area contributed by atoms with Crippen LogP contribution >= 0.6 is 0 Å². The van der Waals surface area contributed by atoms with Crippen molar-refractivity contribution in [3.05, 3.63) is 48.0 Å². The molecule has 1 aliphatic rings. The van der Waals surface area contributed by atoms with E-state index in [2.05, 4.69) is 10.3 Å². The zero-order chi connectivity index (χ0) is 13.9. The molecule has 0 atom stereocenters. The van der Waals surface area contributed by atoms with Crippen LogP contribution < -0.4 is 14.8 Å². The summed E-state index contributed by atoms with van der Waals surface area (Å²) in [7, 11) is 0. The molecule has 6 heteroatoms. The van der Waals surface area contributed by atoms with Gasteiger partial charge in [-0.05, 0) is 24.3 Å². The van der Waals surface area contributed by atoms with Gasteiger partial charge in [0.25, 0.3) is 5.91 Å². The first-order chi connectivity index (χ1) is 9.72. The number of anilines is 1. The first-order valence-electron chi connectivity index (χ1n) is 6.06. The third kappa shape index (κ3) is 2.54. The standard InChI is InChI=1S/C14H11FN2O3/c15-13-3-1-2-10(17-13)14(18)16-9-4-5-11-12(8-9)20-7-6-19-11/h1-5,8H,6-7H2,(H,16,18). The van der Waals surface area contributed by atoms with E-state index in [0.29, 0.717) is 30.4 Å². The lowest BCUT2D eigenvalue weighted by molar-refractivity contribution is 0.102. The zero-order valence-corrected chi connectivity index (χ0v) is 10.4. The number of carbonyl (C=O) groups is 1. The van der Waals surface area contributed by atoms with E-state index in [1.165, 1.54) is 18.2 Å². The predicted molar refractivity (Wildman–Crippen MR) is 69.6 cm³/mol. The molecule has 0 saturated carbocycles. The lowest BCUT2D eigenvalue weighted by Crippen LogP contribution is -2.17. The molecule has 2 heterocycles. The summed E-state index contributed by atoms with van der Waals surface area (Å²) in [6, 6.07) is 9.11. The van der Waals surface area contributed by atoms with E-state index in [4.69, 9.17) is 9.47 Å². The molecule has 102 valence electrons. The summed E-state index contributed by atoms with van der Waals surface area (Å²) in [6.45, 7) is 0.974. The third-order valence-corrected chi connectivity index (χ3v) is 2.75. The number of rotatable bonds is 2. The Morgan fingerprint density at radius 2 is 1.95 bits per heavy atom. The average Bonchev–Trinajstić information content (AvgIpc) is 2.47. The number of hydrogen-bond donors (Lipinski definition) is 1. The number of amides is 1. The lowest BCUT2D eigenvalue weighted by atomic mass is 10.2. The summed E-state index contributed by atoms with van der Waals surface area (Å²) in [5.41, 5.74) is 0.546. The fraction of sp³-hybridized carbons (Fsp3) is 0.143. The summed E-state index contributed by atoms with van der Waals surface area (Å²) in [4.78, 5) is 15.4. The van der Waals surface area contributed by atoms with Crippen molar-refractivity contribution in [2.45, 2.75) is 0 Å². The minimum absolute atomic E-state index is 0.0138. The third-order valence-electron chi connectivity index (χ3n) is 2.75. The number of nitrogens with zero attached hydrogens (tertiary/aromatic N) is 1. The molecule has 1 N–H and O–H groups in total. The minimum Gasteiger partial charge on any atom is -0.486 e. The van der Waals surface area contributed by atoms with Gasteiger partial charge in [0.1, 0.15) is 18.9 Å². The number of pyridine rings is 1. The Morgan fingerprint density at radius 1 is 1.15 bits per heavy atom. The second kappa shape index (κ2) is 5.16. The van der Waals surface area contributed by atoms with Crippen LogP contribution in [0.2, 0.25) is 0 Å². The normalized spacial score (nSPS) is 12.8. The molecule has 3 rings (SSSR count). The van der Waals surface area contributed by atoms with Gasteiger partial charge in [0.15, 0.2) is 11.5 Å². The number of ether oxygens (including phenoxy) is 2. The first-order valence-corrected chi connectivity index (χ1v) is 6.06. The van der Waals surface area contributed by atoms with Crippen LogP contribution in [-0.4, -0.2) is 24.1 Å². The van der Waals surface area contributed by atoms with Crippen molar-refractivity contribution in [1.29, 1.82) is 0 Å². The van der Waals surface area contributed by atoms with Crippen LogP contribution in [-0.2, 0) is 0 Å². The van der Waals surface area contributed by atoms with E-state index in [1.54, 1.807) is 18.2 Å². The molecule has 0 saturated heterocycles. The molecule has 0 unspecified atom stereocenters. The van der Waals surface area contributed by atoms with Crippen molar-refractivity contribution in [2.75, 3.05) is 18.5 Å².